The van der Waals surface area contributed by atoms with E-state index in [1.165, 1.54) is 0 Å². The molecule has 1 amide bonds. The largest absolute Gasteiger partial charge is 0.490 e. The molecule has 1 aromatic carbocycles. The Balaban J connectivity index is 2.66. The van der Waals surface area contributed by atoms with Crippen LogP contribution in [0.5, 0.6) is 11.5 Å². The lowest BCUT2D eigenvalue weighted by Crippen LogP contribution is -2.38. The highest BCUT2D eigenvalue weighted by Crippen LogP contribution is 2.28. The van der Waals surface area contributed by atoms with Gasteiger partial charge in [-0.2, -0.15) is 5.26 Å². The Morgan fingerprint density at radius 2 is 2.00 bits per heavy atom. The van der Waals surface area contributed by atoms with E-state index in [1.54, 1.807) is 18.2 Å². The number of nitrogens with one attached hydrogen (secondary N) is 1. The fourth-order valence-electron chi connectivity index (χ4n) is 1.57. The zero-order valence-electron chi connectivity index (χ0n) is 13.0. The maximum atomic E-state index is 11.8. The molecule has 5 nitrogen and oxygen atoms in total. The van der Waals surface area contributed by atoms with Crippen LogP contribution in [0.15, 0.2) is 18.2 Å². The van der Waals surface area contributed by atoms with E-state index >= 15 is 0 Å². The van der Waals surface area contributed by atoms with Crippen molar-refractivity contribution >= 4 is 5.91 Å². The van der Waals surface area contributed by atoms with Crippen molar-refractivity contribution in [2.24, 2.45) is 5.92 Å². The van der Waals surface area contributed by atoms with Gasteiger partial charge in [-0.15, -0.1) is 0 Å². The lowest BCUT2D eigenvalue weighted by atomic mass is 10.1. The number of nitriles is 1. The molecule has 0 saturated heterocycles. The average Bonchev–Trinajstić information content (AvgIpc) is 2.46. The van der Waals surface area contributed by atoms with E-state index in [0.717, 1.165) is 0 Å². The van der Waals surface area contributed by atoms with Gasteiger partial charge in [0.25, 0.3) is 5.91 Å². The second kappa shape index (κ2) is 8.15. The number of ether oxygens (including phenoxy) is 2. The number of benzene rings is 1. The van der Waals surface area contributed by atoms with E-state index in [2.05, 4.69) is 5.32 Å². The number of amides is 1. The number of hydrogen-bond acceptors (Lipinski definition) is 4. The highest BCUT2D eigenvalue weighted by molar-refractivity contribution is 5.77. The van der Waals surface area contributed by atoms with Gasteiger partial charge in [0.1, 0.15) is 0 Å². The van der Waals surface area contributed by atoms with Gasteiger partial charge in [0.2, 0.25) is 0 Å². The number of rotatable bonds is 7. The third-order valence-corrected chi connectivity index (χ3v) is 3.12. The molecule has 0 heterocycles. The Morgan fingerprint density at radius 1 is 1.29 bits per heavy atom. The van der Waals surface area contributed by atoms with Crippen molar-refractivity contribution in [3.05, 3.63) is 23.8 Å². The molecule has 0 spiro atoms. The Hall–Kier alpha value is -2.22. The first-order valence-corrected chi connectivity index (χ1v) is 7.07. The maximum absolute atomic E-state index is 11.8. The summed E-state index contributed by atoms with van der Waals surface area (Å²) in [6.07, 6.45) is 0. The third-order valence-electron chi connectivity index (χ3n) is 3.12. The third kappa shape index (κ3) is 5.35. The monoisotopic (exact) mass is 290 g/mol. The highest BCUT2D eigenvalue weighted by Gasteiger charge is 2.13. The van der Waals surface area contributed by atoms with Gasteiger partial charge in [0.05, 0.1) is 18.2 Å². The van der Waals surface area contributed by atoms with Gasteiger partial charge in [-0.25, -0.2) is 0 Å². The molecular formula is C16H22N2O3. The van der Waals surface area contributed by atoms with Gasteiger partial charge in [0, 0.05) is 12.1 Å². The molecule has 114 valence electrons. The quantitative estimate of drug-likeness (QED) is 0.837. The fraction of sp³-hybridized carbons (Fsp3) is 0.500. The van der Waals surface area contributed by atoms with Gasteiger partial charge in [-0.05, 0) is 31.9 Å². The van der Waals surface area contributed by atoms with Crippen molar-refractivity contribution in [2.45, 2.75) is 33.7 Å². The Kier molecular flexibility index (Phi) is 6.54. The summed E-state index contributed by atoms with van der Waals surface area (Å²) >= 11 is 0. The molecular weight excluding hydrogens is 268 g/mol. The van der Waals surface area contributed by atoms with Crippen molar-refractivity contribution in [1.82, 2.24) is 5.32 Å². The molecule has 0 aliphatic carbocycles. The first-order valence-electron chi connectivity index (χ1n) is 7.07. The molecule has 0 saturated carbocycles. The van der Waals surface area contributed by atoms with Crippen molar-refractivity contribution in [2.75, 3.05) is 13.2 Å². The Labute approximate surface area is 125 Å². The maximum Gasteiger partial charge on any atom is 0.258 e. The topological polar surface area (TPSA) is 71.3 Å². The van der Waals surface area contributed by atoms with Crippen molar-refractivity contribution in [3.8, 4) is 17.6 Å². The average molecular weight is 290 g/mol. The van der Waals surface area contributed by atoms with Gasteiger partial charge < -0.3 is 14.8 Å². The van der Waals surface area contributed by atoms with E-state index in [-0.39, 0.29) is 18.6 Å². The normalized spacial score (nSPS) is 11.6. The zero-order chi connectivity index (χ0) is 15.8. The molecule has 0 aliphatic heterocycles. The SMILES string of the molecule is CCOc1cc(C#N)ccc1OCC(=O)N[C@@H](C)C(C)C. The van der Waals surface area contributed by atoms with Gasteiger partial charge in [-0.1, -0.05) is 13.8 Å². The van der Waals surface area contributed by atoms with E-state index in [9.17, 15) is 4.79 Å². The van der Waals surface area contributed by atoms with E-state index in [0.29, 0.717) is 29.6 Å². The van der Waals surface area contributed by atoms with Crippen LogP contribution in [-0.4, -0.2) is 25.2 Å². The zero-order valence-corrected chi connectivity index (χ0v) is 13.0. The van der Waals surface area contributed by atoms with E-state index in [4.69, 9.17) is 14.7 Å². The van der Waals surface area contributed by atoms with Crippen molar-refractivity contribution in [3.63, 3.8) is 0 Å². The molecule has 0 bridgehead atoms. The summed E-state index contributed by atoms with van der Waals surface area (Å²) in [6, 6.07) is 7.01. The van der Waals surface area contributed by atoms with Crippen molar-refractivity contribution < 1.29 is 14.3 Å². The second-order valence-electron chi connectivity index (χ2n) is 5.10. The van der Waals surface area contributed by atoms with Crippen LogP contribution in [0.4, 0.5) is 0 Å². The molecule has 0 unspecified atom stereocenters. The lowest BCUT2D eigenvalue weighted by molar-refractivity contribution is -0.124. The molecule has 0 radical (unpaired) electrons. The van der Waals surface area contributed by atoms with E-state index in [1.807, 2.05) is 33.8 Å². The van der Waals surface area contributed by atoms with Crippen LogP contribution in [-0.2, 0) is 4.79 Å². The molecule has 5 heteroatoms. The van der Waals surface area contributed by atoms with Gasteiger partial charge >= 0.3 is 0 Å². The summed E-state index contributed by atoms with van der Waals surface area (Å²) in [5.74, 6) is 1.12. The molecule has 1 atom stereocenters. The second-order valence-corrected chi connectivity index (χ2v) is 5.10. The number of carbonyl (C=O) groups excluding carboxylic acids is 1. The number of nitrogens with zero attached hydrogens (tertiary/aromatic N) is 1. The number of hydrogen-bond donors (Lipinski definition) is 1. The first kappa shape index (κ1) is 16.8. The molecule has 0 fully saturated rings. The lowest BCUT2D eigenvalue weighted by Gasteiger charge is -2.18. The summed E-state index contributed by atoms with van der Waals surface area (Å²) in [7, 11) is 0. The van der Waals surface area contributed by atoms with Crippen LogP contribution in [0, 0.1) is 17.2 Å². The highest BCUT2D eigenvalue weighted by atomic mass is 16.5. The van der Waals surface area contributed by atoms with Crippen LogP contribution in [0.3, 0.4) is 0 Å². The molecule has 0 aromatic heterocycles. The van der Waals surface area contributed by atoms with Crippen molar-refractivity contribution in [1.29, 1.82) is 5.26 Å². The predicted molar refractivity (Wildman–Crippen MR) is 80.3 cm³/mol. The minimum absolute atomic E-state index is 0.0803. The summed E-state index contributed by atoms with van der Waals surface area (Å²) in [4.78, 5) is 11.8. The van der Waals surface area contributed by atoms with E-state index < -0.39 is 0 Å². The Bertz CT molecular complexity index is 521. The summed E-state index contributed by atoms with van der Waals surface area (Å²) < 4.78 is 10.9. The molecule has 1 aromatic rings. The standard InChI is InChI=1S/C16H22N2O3/c1-5-20-15-8-13(9-17)6-7-14(15)21-10-16(19)18-12(4)11(2)3/h6-8,11-12H,5,10H2,1-4H3,(H,18,19)/t12-/m0/s1. The van der Waals surface area contributed by atoms with Crippen LogP contribution in [0.2, 0.25) is 0 Å². The first-order chi connectivity index (χ1) is 9.97. The van der Waals surface area contributed by atoms with Crippen LogP contribution in [0.25, 0.3) is 0 Å². The van der Waals surface area contributed by atoms with Gasteiger partial charge in [0.15, 0.2) is 18.1 Å². The van der Waals surface area contributed by atoms with Gasteiger partial charge in [-0.3, -0.25) is 4.79 Å². The molecule has 0 aliphatic rings. The summed E-state index contributed by atoms with van der Waals surface area (Å²) in [5.41, 5.74) is 0.490. The fourth-order valence-corrected chi connectivity index (χ4v) is 1.57. The Morgan fingerprint density at radius 3 is 2.57 bits per heavy atom. The molecule has 1 N–H and O–H groups in total. The number of carbonyl (C=O) groups is 1. The summed E-state index contributed by atoms with van der Waals surface area (Å²) in [5, 5.41) is 11.7. The minimum atomic E-state index is -0.178. The minimum Gasteiger partial charge on any atom is -0.490 e. The molecule has 21 heavy (non-hydrogen) atoms. The van der Waals surface area contributed by atoms with Crippen LogP contribution < -0.4 is 14.8 Å². The van der Waals surface area contributed by atoms with Crippen LogP contribution in [0.1, 0.15) is 33.3 Å². The predicted octanol–water partition coefficient (Wildman–Crippen LogP) is 2.50. The molecule has 1 rings (SSSR count). The summed E-state index contributed by atoms with van der Waals surface area (Å²) in [6.45, 7) is 8.26. The van der Waals surface area contributed by atoms with Crippen LogP contribution >= 0.6 is 0 Å². The smallest absolute Gasteiger partial charge is 0.258 e.